The predicted octanol–water partition coefficient (Wildman–Crippen LogP) is 4.85. The fraction of sp³-hybridized carbons (Fsp3) is 0.200. The number of nitrogens with one attached hydrogen (secondary N) is 1. The van der Waals surface area contributed by atoms with Crippen LogP contribution in [-0.4, -0.2) is 28.3 Å². The Labute approximate surface area is 169 Å². The number of aromatic nitrogens is 2. The van der Waals surface area contributed by atoms with Gasteiger partial charge >= 0.3 is 6.18 Å². The standard InChI is InChI=1S/C20H18F3N3O2S/c1-26-17(13-6-8-16(28-2)9-7-13)11-24-19(26)29-12-18(27)25-15-5-3-4-14(10-15)20(21,22)23/h3-11H,12H2,1-2H3,(H,25,27). The number of amides is 1. The summed E-state index contributed by atoms with van der Waals surface area (Å²) in [6, 6.07) is 12.0. The molecule has 1 N–H and O–H groups in total. The van der Waals surface area contributed by atoms with Crippen molar-refractivity contribution < 1.29 is 22.7 Å². The van der Waals surface area contributed by atoms with E-state index in [0.29, 0.717) is 5.16 Å². The second-order valence-electron chi connectivity index (χ2n) is 6.13. The van der Waals surface area contributed by atoms with Gasteiger partial charge in [0, 0.05) is 18.3 Å². The molecule has 1 amide bonds. The number of alkyl halides is 3. The quantitative estimate of drug-likeness (QED) is 0.579. The lowest BCUT2D eigenvalue weighted by Gasteiger charge is -2.10. The molecule has 3 rings (SSSR count). The Morgan fingerprint density at radius 1 is 1.21 bits per heavy atom. The number of halogens is 3. The van der Waals surface area contributed by atoms with Gasteiger partial charge in [0.1, 0.15) is 5.75 Å². The zero-order valence-electron chi connectivity index (χ0n) is 15.7. The number of rotatable bonds is 6. The molecule has 0 atom stereocenters. The molecule has 0 saturated carbocycles. The number of ether oxygens (including phenoxy) is 1. The molecule has 1 heterocycles. The lowest BCUT2D eigenvalue weighted by molar-refractivity contribution is -0.137. The molecule has 1 aromatic heterocycles. The van der Waals surface area contributed by atoms with Gasteiger partial charge in [-0.2, -0.15) is 13.2 Å². The molecule has 152 valence electrons. The smallest absolute Gasteiger partial charge is 0.416 e. The molecule has 0 saturated heterocycles. The first-order valence-electron chi connectivity index (χ1n) is 8.54. The van der Waals surface area contributed by atoms with E-state index in [0.717, 1.165) is 29.1 Å². The van der Waals surface area contributed by atoms with E-state index >= 15 is 0 Å². The minimum atomic E-state index is -4.46. The summed E-state index contributed by atoms with van der Waals surface area (Å²) in [5.41, 5.74) is 1.11. The van der Waals surface area contributed by atoms with Crippen LogP contribution in [0.25, 0.3) is 11.3 Å². The van der Waals surface area contributed by atoms with Gasteiger partial charge in [-0.25, -0.2) is 4.98 Å². The molecule has 29 heavy (non-hydrogen) atoms. The van der Waals surface area contributed by atoms with Crippen LogP contribution in [0.3, 0.4) is 0 Å². The van der Waals surface area contributed by atoms with Crippen LogP contribution in [0.15, 0.2) is 59.9 Å². The van der Waals surface area contributed by atoms with Gasteiger partial charge in [0.25, 0.3) is 0 Å². The van der Waals surface area contributed by atoms with Gasteiger partial charge < -0.3 is 14.6 Å². The Bertz CT molecular complexity index is 1000. The van der Waals surface area contributed by atoms with Gasteiger partial charge in [0.05, 0.1) is 30.3 Å². The number of methoxy groups -OCH3 is 1. The summed E-state index contributed by atoms with van der Waals surface area (Å²) in [4.78, 5) is 16.5. The van der Waals surface area contributed by atoms with Crippen molar-refractivity contribution in [2.75, 3.05) is 18.2 Å². The Hall–Kier alpha value is -2.94. The van der Waals surface area contributed by atoms with Gasteiger partial charge in [-0.15, -0.1) is 0 Å². The number of benzene rings is 2. The maximum absolute atomic E-state index is 12.8. The van der Waals surface area contributed by atoms with Crippen LogP contribution in [0.4, 0.5) is 18.9 Å². The minimum Gasteiger partial charge on any atom is -0.497 e. The summed E-state index contributed by atoms with van der Waals surface area (Å²) in [6.07, 6.45) is -2.75. The Morgan fingerprint density at radius 3 is 2.59 bits per heavy atom. The molecular formula is C20H18F3N3O2S. The summed E-state index contributed by atoms with van der Waals surface area (Å²) in [6.45, 7) is 0. The third-order valence-electron chi connectivity index (χ3n) is 4.14. The predicted molar refractivity (Wildman–Crippen MR) is 106 cm³/mol. The first-order valence-corrected chi connectivity index (χ1v) is 9.52. The van der Waals surface area contributed by atoms with E-state index < -0.39 is 17.6 Å². The Balaban J connectivity index is 1.63. The number of imidazole rings is 1. The molecule has 9 heteroatoms. The second kappa shape index (κ2) is 8.60. The maximum Gasteiger partial charge on any atom is 0.416 e. The molecule has 0 radical (unpaired) electrons. The second-order valence-corrected chi connectivity index (χ2v) is 7.07. The van der Waals surface area contributed by atoms with Gasteiger partial charge in [-0.1, -0.05) is 17.8 Å². The monoisotopic (exact) mass is 421 g/mol. The summed E-state index contributed by atoms with van der Waals surface area (Å²) in [5.74, 6) is 0.350. The first-order chi connectivity index (χ1) is 13.8. The average molecular weight is 421 g/mol. The lowest BCUT2D eigenvalue weighted by atomic mass is 10.1. The number of nitrogens with zero attached hydrogens (tertiary/aromatic N) is 2. The Morgan fingerprint density at radius 2 is 1.93 bits per heavy atom. The molecule has 2 aromatic carbocycles. The van der Waals surface area contributed by atoms with E-state index in [1.807, 2.05) is 35.9 Å². The van der Waals surface area contributed by atoms with Gasteiger partial charge in [-0.3, -0.25) is 4.79 Å². The summed E-state index contributed by atoms with van der Waals surface area (Å²) in [5, 5.41) is 3.10. The van der Waals surface area contributed by atoms with E-state index in [4.69, 9.17) is 4.74 Å². The number of hydrogen-bond donors (Lipinski definition) is 1. The number of anilines is 1. The van der Waals surface area contributed by atoms with Crippen molar-refractivity contribution in [1.29, 1.82) is 0 Å². The van der Waals surface area contributed by atoms with Crippen molar-refractivity contribution >= 4 is 23.4 Å². The average Bonchev–Trinajstić information content (AvgIpc) is 3.06. The van der Waals surface area contributed by atoms with Crippen molar-refractivity contribution in [3.05, 3.63) is 60.3 Å². The van der Waals surface area contributed by atoms with Gasteiger partial charge in [0.15, 0.2) is 5.16 Å². The normalized spacial score (nSPS) is 11.3. The summed E-state index contributed by atoms with van der Waals surface area (Å²) < 4.78 is 45.3. The molecule has 5 nitrogen and oxygen atoms in total. The van der Waals surface area contributed by atoms with Crippen LogP contribution in [0.1, 0.15) is 5.56 Å². The van der Waals surface area contributed by atoms with Gasteiger partial charge in [-0.05, 0) is 42.5 Å². The molecule has 0 aliphatic carbocycles. The Kier molecular flexibility index (Phi) is 6.17. The molecule has 0 aliphatic rings. The van der Waals surface area contributed by atoms with E-state index in [-0.39, 0.29) is 11.4 Å². The molecule has 0 unspecified atom stereocenters. The number of carbonyl (C=O) groups excluding carboxylic acids is 1. The van der Waals surface area contributed by atoms with Crippen LogP contribution in [0.5, 0.6) is 5.75 Å². The van der Waals surface area contributed by atoms with E-state index in [1.54, 1.807) is 13.3 Å². The molecule has 0 spiro atoms. The summed E-state index contributed by atoms with van der Waals surface area (Å²) >= 11 is 1.20. The largest absolute Gasteiger partial charge is 0.497 e. The molecule has 0 aliphatic heterocycles. The van der Waals surface area contributed by atoms with Crippen molar-refractivity contribution in [2.24, 2.45) is 7.05 Å². The number of carbonyl (C=O) groups is 1. The molecular weight excluding hydrogens is 403 g/mol. The third kappa shape index (κ3) is 5.11. The third-order valence-corrected chi connectivity index (χ3v) is 5.18. The van der Waals surface area contributed by atoms with Crippen LogP contribution in [0, 0.1) is 0 Å². The van der Waals surface area contributed by atoms with Crippen molar-refractivity contribution in [3.8, 4) is 17.0 Å². The van der Waals surface area contributed by atoms with Crippen molar-refractivity contribution in [3.63, 3.8) is 0 Å². The fourth-order valence-electron chi connectivity index (χ4n) is 2.66. The van der Waals surface area contributed by atoms with Gasteiger partial charge in [0.2, 0.25) is 5.91 Å². The minimum absolute atomic E-state index is 0.0170. The van der Waals surface area contributed by atoms with E-state index in [9.17, 15) is 18.0 Å². The topological polar surface area (TPSA) is 56.1 Å². The SMILES string of the molecule is COc1ccc(-c2cnc(SCC(=O)Nc3cccc(C(F)(F)F)c3)n2C)cc1. The van der Waals surface area contributed by atoms with Crippen molar-refractivity contribution in [2.45, 2.75) is 11.3 Å². The van der Waals surface area contributed by atoms with Crippen LogP contribution < -0.4 is 10.1 Å². The van der Waals surface area contributed by atoms with Crippen LogP contribution in [0.2, 0.25) is 0 Å². The highest BCUT2D eigenvalue weighted by Crippen LogP contribution is 2.31. The highest BCUT2D eigenvalue weighted by atomic mass is 32.2. The molecule has 0 fully saturated rings. The lowest BCUT2D eigenvalue weighted by Crippen LogP contribution is -2.15. The first kappa shape index (κ1) is 20.8. The maximum atomic E-state index is 12.8. The highest BCUT2D eigenvalue weighted by molar-refractivity contribution is 7.99. The zero-order chi connectivity index (χ0) is 21.0. The van der Waals surface area contributed by atoms with E-state index in [2.05, 4.69) is 10.3 Å². The zero-order valence-corrected chi connectivity index (χ0v) is 16.5. The van der Waals surface area contributed by atoms with Crippen LogP contribution in [-0.2, 0) is 18.0 Å². The highest BCUT2D eigenvalue weighted by Gasteiger charge is 2.30. The number of hydrogen-bond acceptors (Lipinski definition) is 4. The van der Waals surface area contributed by atoms with E-state index in [1.165, 1.54) is 23.9 Å². The molecule has 3 aromatic rings. The van der Waals surface area contributed by atoms with Crippen LogP contribution >= 0.6 is 11.8 Å². The molecule has 0 bridgehead atoms. The number of thioether (sulfide) groups is 1. The van der Waals surface area contributed by atoms with Crippen molar-refractivity contribution in [1.82, 2.24) is 9.55 Å². The fourth-order valence-corrected chi connectivity index (χ4v) is 3.41. The summed E-state index contributed by atoms with van der Waals surface area (Å²) in [7, 11) is 3.43.